The predicted octanol–water partition coefficient (Wildman–Crippen LogP) is -0.783. The van der Waals surface area contributed by atoms with E-state index in [1.807, 2.05) is 0 Å². The summed E-state index contributed by atoms with van der Waals surface area (Å²) in [5.41, 5.74) is 10.4. The zero-order valence-electron chi connectivity index (χ0n) is 8.07. The van der Waals surface area contributed by atoms with Gasteiger partial charge in [-0.15, -0.1) is 0 Å². The maximum atomic E-state index is 11.2. The van der Waals surface area contributed by atoms with E-state index >= 15 is 0 Å². The van der Waals surface area contributed by atoms with Gasteiger partial charge in [-0.2, -0.15) is 0 Å². The number of rotatable bonds is 4. The maximum absolute atomic E-state index is 11.2. The lowest BCUT2D eigenvalue weighted by atomic mass is 10.0. The third-order valence-electron chi connectivity index (χ3n) is 1.79. The Kier molecular flexibility index (Phi) is 3.46. The van der Waals surface area contributed by atoms with Crippen molar-refractivity contribution >= 4 is 15.7 Å². The van der Waals surface area contributed by atoms with E-state index in [0.717, 1.165) is 6.26 Å². The van der Waals surface area contributed by atoms with E-state index in [0.29, 0.717) is 0 Å². The SMILES string of the molecule is CC(C)C[C@](N)(C(N)=O)S(C)(=O)=O. The Labute approximate surface area is 78.4 Å². The molecule has 1 atom stereocenters. The van der Waals surface area contributed by atoms with Crippen molar-refractivity contribution in [2.24, 2.45) is 17.4 Å². The van der Waals surface area contributed by atoms with Crippen LogP contribution >= 0.6 is 0 Å². The molecule has 13 heavy (non-hydrogen) atoms. The predicted molar refractivity (Wildman–Crippen MR) is 50.4 cm³/mol. The minimum absolute atomic E-state index is 0.00720. The monoisotopic (exact) mass is 208 g/mol. The summed E-state index contributed by atoms with van der Waals surface area (Å²) in [6.45, 7) is 3.55. The molecule has 0 aromatic heterocycles. The molecule has 0 fully saturated rings. The van der Waals surface area contributed by atoms with Crippen molar-refractivity contribution in [1.82, 2.24) is 0 Å². The second kappa shape index (κ2) is 3.63. The Bertz CT molecular complexity index is 297. The van der Waals surface area contributed by atoms with Gasteiger partial charge >= 0.3 is 0 Å². The summed E-state index contributed by atoms with van der Waals surface area (Å²) < 4.78 is 22.4. The number of nitrogens with two attached hydrogens (primary N) is 2. The van der Waals surface area contributed by atoms with Crippen molar-refractivity contribution < 1.29 is 13.2 Å². The van der Waals surface area contributed by atoms with Crippen LogP contribution in [0.2, 0.25) is 0 Å². The average molecular weight is 208 g/mol. The molecule has 0 radical (unpaired) electrons. The van der Waals surface area contributed by atoms with Crippen LogP contribution in [-0.4, -0.2) is 25.5 Å². The molecule has 0 aromatic carbocycles. The number of hydrogen-bond donors (Lipinski definition) is 2. The van der Waals surface area contributed by atoms with Crippen LogP contribution in [0.15, 0.2) is 0 Å². The molecule has 0 heterocycles. The summed E-state index contributed by atoms with van der Waals surface area (Å²) in [7, 11) is -3.66. The minimum Gasteiger partial charge on any atom is -0.367 e. The smallest absolute Gasteiger partial charge is 0.253 e. The van der Waals surface area contributed by atoms with Crippen LogP contribution in [0.5, 0.6) is 0 Å². The molecule has 6 heteroatoms. The van der Waals surface area contributed by atoms with Crippen LogP contribution in [0.1, 0.15) is 20.3 Å². The van der Waals surface area contributed by atoms with Crippen LogP contribution in [0.4, 0.5) is 0 Å². The van der Waals surface area contributed by atoms with Crippen LogP contribution in [0.3, 0.4) is 0 Å². The second-order valence-corrected chi connectivity index (χ2v) is 5.90. The van der Waals surface area contributed by atoms with Crippen LogP contribution in [0, 0.1) is 5.92 Å². The fraction of sp³-hybridized carbons (Fsp3) is 0.857. The van der Waals surface area contributed by atoms with Crippen molar-refractivity contribution in [3.05, 3.63) is 0 Å². The highest BCUT2D eigenvalue weighted by Gasteiger charge is 2.43. The van der Waals surface area contributed by atoms with Crippen LogP contribution in [0.25, 0.3) is 0 Å². The highest BCUT2D eigenvalue weighted by atomic mass is 32.2. The first-order chi connectivity index (χ1) is 5.61. The topological polar surface area (TPSA) is 103 Å². The molecule has 0 aromatic rings. The van der Waals surface area contributed by atoms with Crippen molar-refractivity contribution in [2.45, 2.75) is 25.1 Å². The molecule has 4 N–H and O–H groups in total. The summed E-state index contributed by atoms with van der Waals surface area (Å²) in [6.07, 6.45) is 0.960. The van der Waals surface area contributed by atoms with Gasteiger partial charge in [0, 0.05) is 6.26 Å². The summed E-state index contributed by atoms with van der Waals surface area (Å²) >= 11 is 0. The van der Waals surface area contributed by atoms with Crippen molar-refractivity contribution in [3.63, 3.8) is 0 Å². The Morgan fingerprint density at radius 3 is 1.92 bits per heavy atom. The Balaban J connectivity index is 5.10. The third kappa shape index (κ3) is 2.67. The number of carbonyl (C=O) groups is 1. The van der Waals surface area contributed by atoms with Crippen molar-refractivity contribution in [3.8, 4) is 0 Å². The highest BCUT2D eigenvalue weighted by Crippen LogP contribution is 2.19. The average Bonchev–Trinajstić information content (AvgIpc) is 1.82. The molecule has 0 saturated heterocycles. The first kappa shape index (κ1) is 12.4. The van der Waals surface area contributed by atoms with Gasteiger partial charge in [0.25, 0.3) is 5.91 Å². The molecule has 0 rings (SSSR count). The normalized spacial score (nSPS) is 17.0. The second-order valence-electron chi connectivity index (χ2n) is 3.62. The molecule has 0 aliphatic rings. The molecular weight excluding hydrogens is 192 g/mol. The number of primary amides is 1. The molecule has 1 amide bonds. The largest absolute Gasteiger partial charge is 0.367 e. The van der Waals surface area contributed by atoms with E-state index in [4.69, 9.17) is 11.5 Å². The van der Waals surface area contributed by atoms with Crippen LogP contribution < -0.4 is 11.5 Å². The first-order valence-corrected chi connectivity index (χ1v) is 5.79. The maximum Gasteiger partial charge on any atom is 0.253 e. The molecule has 0 bridgehead atoms. The Morgan fingerprint density at radius 1 is 1.46 bits per heavy atom. The van der Waals surface area contributed by atoms with Gasteiger partial charge in [-0.05, 0) is 12.3 Å². The molecule has 78 valence electrons. The van der Waals surface area contributed by atoms with Gasteiger partial charge in [-0.1, -0.05) is 13.8 Å². The van der Waals surface area contributed by atoms with Gasteiger partial charge in [0.05, 0.1) is 0 Å². The first-order valence-electron chi connectivity index (χ1n) is 3.89. The van der Waals surface area contributed by atoms with Gasteiger partial charge < -0.3 is 11.5 Å². The third-order valence-corrected chi connectivity index (χ3v) is 3.48. The van der Waals surface area contributed by atoms with E-state index in [1.54, 1.807) is 13.8 Å². The minimum atomic E-state index is -3.66. The molecular formula is C7H16N2O3S. The fourth-order valence-electron chi connectivity index (χ4n) is 1.04. The van der Waals surface area contributed by atoms with Gasteiger partial charge in [0.15, 0.2) is 14.7 Å². The molecule has 0 aliphatic heterocycles. The lowest BCUT2D eigenvalue weighted by Crippen LogP contribution is -2.58. The Hall–Kier alpha value is -0.620. The van der Waals surface area contributed by atoms with Crippen LogP contribution in [-0.2, 0) is 14.6 Å². The number of carbonyl (C=O) groups excluding carboxylic acids is 1. The number of amides is 1. The van der Waals surface area contributed by atoms with Gasteiger partial charge in [0.1, 0.15) is 0 Å². The quantitative estimate of drug-likeness (QED) is 0.632. The number of sulfone groups is 1. The molecule has 0 unspecified atom stereocenters. The zero-order chi connectivity index (χ0) is 10.9. The summed E-state index contributed by atoms with van der Waals surface area (Å²) in [5.74, 6) is -1.00. The molecule has 0 saturated carbocycles. The lowest BCUT2D eigenvalue weighted by Gasteiger charge is -2.25. The molecule has 5 nitrogen and oxygen atoms in total. The molecule has 0 spiro atoms. The highest BCUT2D eigenvalue weighted by molar-refractivity contribution is 7.92. The number of hydrogen-bond acceptors (Lipinski definition) is 4. The summed E-state index contributed by atoms with van der Waals surface area (Å²) in [6, 6.07) is 0. The summed E-state index contributed by atoms with van der Waals surface area (Å²) in [5, 5.41) is 0. The lowest BCUT2D eigenvalue weighted by molar-refractivity contribution is -0.120. The van der Waals surface area contributed by atoms with E-state index in [-0.39, 0.29) is 12.3 Å². The zero-order valence-corrected chi connectivity index (χ0v) is 8.89. The van der Waals surface area contributed by atoms with E-state index in [9.17, 15) is 13.2 Å². The Morgan fingerprint density at radius 2 is 1.85 bits per heavy atom. The van der Waals surface area contributed by atoms with Crippen molar-refractivity contribution in [2.75, 3.05) is 6.26 Å². The summed E-state index contributed by atoms with van der Waals surface area (Å²) in [4.78, 5) is 8.99. The fourth-order valence-corrected chi connectivity index (χ4v) is 2.04. The van der Waals surface area contributed by atoms with Gasteiger partial charge in [-0.25, -0.2) is 8.42 Å². The molecule has 0 aliphatic carbocycles. The van der Waals surface area contributed by atoms with E-state index in [1.165, 1.54) is 0 Å². The van der Waals surface area contributed by atoms with Crippen molar-refractivity contribution in [1.29, 1.82) is 0 Å². The standard InChI is InChI=1S/C7H16N2O3S/c1-5(2)4-7(9,6(8)10)13(3,11)12/h5H,4,9H2,1-3H3,(H2,8,10)/t7-/m1/s1. The van der Waals surface area contributed by atoms with E-state index < -0.39 is 20.6 Å². The van der Waals surface area contributed by atoms with E-state index in [2.05, 4.69) is 0 Å². The van der Waals surface area contributed by atoms with Gasteiger partial charge in [-0.3, -0.25) is 4.79 Å². The van der Waals surface area contributed by atoms with Gasteiger partial charge in [0.2, 0.25) is 0 Å².